The average Bonchev–Trinajstić information content (AvgIpc) is 3.21. The van der Waals surface area contributed by atoms with Crippen molar-refractivity contribution in [2.75, 3.05) is 17.7 Å². The highest BCUT2D eigenvalue weighted by molar-refractivity contribution is 5.39. The van der Waals surface area contributed by atoms with E-state index in [0.717, 1.165) is 0 Å². The Morgan fingerprint density at radius 3 is 1.72 bits per heavy atom. The van der Waals surface area contributed by atoms with Crippen LogP contribution < -0.4 is 15.4 Å². The van der Waals surface area contributed by atoms with Crippen molar-refractivity contribution in [2.45, 2.75) is 38.8 Å². The summed E-state index contributed by atoms with van der Waals surface area (Å²) in [7, 11) is 1.57. The zero-order chi connectivity index (χ0) is 12.7. The van der Waals surface area contributed by atoms with Crippen molar-refractivity contribution < 1.29 is 4.74 Å². The molecule has 0 aliphatic heterocycles. The van der Waals surface area contributed by atoms with Crippen LogP contribution in [0.3, 0.4) is 0 Å². The third-order valence-electron chi connectivity index (χ3n) is 3.65. The molecule has 2 aliphatic rings. The van der Waals surface area contributed by atoms with Crippen molar-refractivity contribution in [1.82, 2.24) is 15.0 Å². The van der Waals surface area contributed by atoms with Gasteiger partial charge in [0, 0.05) is 12.1 Å². The Balaban J connectivity index is 1.73. The van der Waals surface area contributed by atoms with Gasteiger partial charge in [-0.1, -0.05) is 13.8 Å². The SMILES string of the molecule is COc1nc(NC2CC2C)nc(NC2CC2C)n1. The Bertz CT molecular complexity index is 416. The summed E-state index contributed by atoms with van der Waals surface area (Å²) < 4.78 is 5.11. The van der Waals surface area contributed by atoms with Crippen LogP contribution in [0.4, 0.5) is 11.9 Å². The number of aromatic nitrogens is 3. The topological polar surface area (TPSA) is 72.0 Å². The van der Waals surface area contributed by atoms with Crippen LogP contribution in [0.25, 0.3) is 0 Å². The second kappa shape index (κ2) is 4.26. The minimum Gasteiger partial charge on any atom is -0.467 e. The summed E-state index contributed by atoms with van der Waals surface area (Å²) in [5.41, 5.74) is 0. The quantitative estimate of drug-likeness (QED) is 0.824. The first-order valence-electron chi connectivity index (χ1n) is 6.49. The van der Waals surface area contributed by atoms with Crippen LogP contribution in [-0.4, -0.2) is 34.1 Å². The normalized spacial score (nSPS) is 32.8. The van der Waals surface area contributed by atoms with Crippen molar-refractivity contribution >= 4 is 11.9 Å². The molecule has 2 saturated carbocycles. The first-order valence-corrected chi connectivity index (χ1v) is 6.49. The van der Waals surface area contributed by atoms with Gasteiger partial charge in [-0.15, -0.1) is 0 Å². The molecule has 6 nitrogen and oxygen atoms in total. The molecule has 4 unspecified atom stereocenters. The molecule has 98 valence electrons. The predicted octanol–water partition coefficient (Wildman–Crippen LogP) is 1.52. The highest BCUT2D eigenvalue weighted by Gasteiger charge is 2.35. The Morgan fingerprint density at radius 2 is 1.39 bits per heavy atom. The number of nitrogens with zero attached hydrogens (tertiary/aromatic N) is 3. The summed E-state index contributed by atoms with van der Waals surface area (Å²) in [4.78, 5) is 12.8. The van der Waals surface area contributed by atoms with Crippen LogP contribution >= 0.6 is 0 Å². The molecule has 0 spiro atoms. The van der Waals surface area contributed by atoms with Crippen LogP contribution in [0.15, 0.2) is 0 Å². The number of hydrogen-bond acceptors (Lipinski definition) is 6. The second-order valence-electron chi connectivity index (χ2n) is 5.40. The molecule has 0 bridgehead atoms. The Morgan fingerprint density at radius 1 is 0.944 bits per heavy atom. The van der Waals surface area contributed by atoms with E-state index in [1.54, 1.807) is 7.11 Å². The number of anilines is 2. The summed E-state index contributed by atoms with van der Waals surface area (Å²) in [6.07, 6.45) is 2.35. The smallest absolute Gasteiger partial charge is 0.322 e. The zero-order valence-corrected chi connectivity index (χ0v) is 11.0. The van der Waals surface area contributed by atoms with Crippen molar-refractivity contribution in [3.63, 3.8) is 0 Å². The number of nitrogens with one attached hydrogen (secondary N) is 2. The predicted molar refractivity (Wildman–Crippen MR) is 68.8 cm³/mol. The fourth-order valence-corrected chi connectivity index (χ4v) is 1.95. The molecule has 3 rings (SSSR count). The Hall–Kier alpha value is -1.59. The molecule has 1 heterocycles. The molecule has 18 heavy (non-hydrogen) atoms. The van der Waals surface area contributed by atoms with E-state index in [9.17, 15) is 0 Å². The summed E-state index contributed by atoms with van der Waals surface area (Å²) in [5, 5.41) is 6.61. The van der Waals surface area contributed by atoms with Gasteiger partial charge < -0.3 is 15.4 Å². The maximum Gasteiger partial charge on any atom is 0.322 e. The second-order valence-corrected chi connectivity index (χ2v) is 5.40. The van der Waals surface area contributed by atoms with Crippen molar-refractivity contribution in [3.8, 4) is 6.01 Å². The molecule has 0 amide bonds. The number of methoxy groups -OCH3 is 1. The van der Waals surface area contributed by atoms with E-state index in [4.69, 9.17) is 4.74 Å². The fraction of sp³-hybridized carbons (Fsp3) is 0.750. The van der Waals surface area contributed by atoms with Gasteiger partial charge in [0.1, 0.15) is 0 Å². The zero-order valence-electron chi connectivity index (χ0n) is 11.0. The molecule has 6 heteroatoms. The summed E-state index contributed by atoms with van der Waals surface area (Å²) in [6.45, 7) is 4.42. The minimum atomic E-state index is 0.358. The largest absolute Gasteiger partial charge is 0.467 e. The standard InChI is InChI=1S/C12H19N5O/c1-6-4-8(6)13-10-15-11(14-9-5-7(9)2)17-12(16-10)18-3/h6-9H,4-5H2,1-3H3,(H2,13,14,15,16,17). The maximum atomic E-state index is 5.11. The van der Waals surface area contributed by atoms with Gasteiger partial charge in [-0.3, -0.25) is 0 Å². The lowest BCUT2D eigenvalue weighted by Crippen LogP contribution is -2.13. The molecule has 2 N–H and O–H groups in total. The average molecular weight is 249 g/mol. The molecular weight excluding hydrogens is 230 g/mol. The Kier molecular flexibility index (Phi) is 2.72. The first kappa shape index (κ1) is 11.5. The lowest BCUT2D eigenvalue weighted by Gasteiger charge is -2.08. The van der Waals surface area contributed by atoms with E-state index in [-0.39, 0.29) is 0 Å². The lowest BCUT2D eigenvalue weighted by molar-refractivity contribution is 0.379. The van der Waals surface area contributed by atoms with Gasteiger partial charge in [0.15, 0.2) is 0 Å². The van der Waals surface area contributed by atoms with Gasteiger partial charge in [-0.25, -0.2) is 0 Å². The molecule has 2 aliphatic carbocycles. The van der Waals surface area contributed by atoms with E-state index in [2.05, 4.69) is 39.4 Å². The van der Waals surface area contributed by atoms with Gasteiger partial charge in [-0.05, 0) is 24.7 Å². The minimum absolute atomic E-state index is 0.358. The highest BCUT2D eigenvalue weighted by atomic mass is 16.5. The van der Waals surface area contributed by atoms with Crippen molar-refractivity contribution in [1.29, 1.82) is 0 Å². The number of hydrogen-bond donors (Lipinski definition) is 2. The fourth-order valence-electron chi connectivity index (χ4n) is 1.95. The van der Waals surface area contributed by atoms with E-state index in [1.165, 1.54) is 12.8 Å². The van der Waals surface area contributed by atoms with Crippen LogP contribution in [0.5, 0.6) is 6.01 Å². The summed E-state index contributed by atoms with van der Waals surface area (Å²) in [6, 6.07) is 1.34. The molecule has 4 atom stereocenters. The lowest BCUT2D eigenvalue weighted by atomic mass is 10.5. The molecule has 1 aromatic heterocycles. The van der Waals surface area contributed by atoms with Gasteiger partial charge >= 0.3 is 6.01 Å². The number of ether oxygens (including phenoxy) is 1. The third-order valence-corrected chi connectivity index (χ3v) is 3.65. The van der Waals surface area contributed by atoms with Crippen LogP contribution in [0.1, 0.15) is 26.7 Å². The molecule has 0 radical (unpaired) electrons. The third kappa shape index (κ3) is 2.47. The maximum absolute atomic E-state index is 5.11. The van der Waals surface area contributed by atoms with E-state index >= 15 is 0 Å². The van der Waals surface area contributed by atoms with Crippen LogP contribution in [-0.2, 0) is 0 Å². The monoisotopic (exact) mass is 249 g/mol. The molecule has 0 saturated heterocycles. The highest BCUT2D eigenvalue weighted by Crippen LogP contribution is 2.33. The van der Waals surface area contributed by atoms with Crippen LogP contribution in [0, 0.1) is 11.8 Å². The van der Waals surface area contributed by atoms with Gasteiger partial charge in [-0.2, -0.15) is 15.0 Å². The summed E-state index contributed by atoms with van der Waals surface area (Å²) in [5.74, 6) is 2.61. The van der Waals surface area contributed by atoms with Gasteiger partial charge in [0.25, 0.3) is 0 Å². The number of rotatable bonds is 5. The summed E-state index contributed by atoms with van der Waals surface area (Å²) >= 11 is 0. The van der Waals surface area contributed by atoms with Crippen LogP contribution in [0.2, 0.25) is 0 Å². The van der Waals surface area contributed by atoms with E-state index < -0.39 is 0 Å². The molecule has 1 aromatic rings. The molecular formula is C12H19N5O. The molecule has 0 aromatic carbocycles. The van der Waals surface area contributed by atoms with Gasteiger partial charge in [0.2, 0.25) is 11.9 Å². The van der Waals surface area contributed by atoms with Crippen molar-refractivity contribution in [3.05, 3.63) is 0 Å². The first-order chi connectivity index (χ1) is 8.65. The van der Waals surface area contributed by atoms with E-state index in [0.29, 0.717) is 41.8 Å². The van der Waals surface area contributed by atoms with E-state index in [1.807, 2.05) is 0 Å². The van der Waals surface area contributed by atoms with Crippen molar-refractivity contribution in [2.24, 2.45) is 11.8 Å². The molecule has 2 fully saturated rings. The van der Waals surface area contributed by atoms with Gasteiger partial charge in [0.05, 0.1) is 7.11 Å². The Labute approximate surface area is 107 Å².